The van der Waals surface area contributed by atoms with Crippen molar-refractivity contribution in [2.75, 3.05) is 0 Å². The van der Waals surface area contributed by atoms with Crippen molar-refractivity contribution in [1.29, 1.82) is 0 Å². The average Bonchev–Trinajstić information content (AvgIpc) is 2.36. The van der Waals surface area contributed by atoms with Gasteiger partial charge < -0.3 is 5.11 Å². The Labute approximate surface area is 116 Å². The number of rotatable bonds is 1. The lowest BCUT2D eigenvalue weighted by Gasteiger charge is -2.47. The van der Waals surface area contributed by atoms with Crippen molar-refractivity contribution in [3.8, 4) is 0 Å². The molecule has 0 amide bonds. The van der Waals surface area contributed by atoms with E-state index in [0.717, 1.165) is 32.1 Å². The summed E-state index contributed by atoms with van der Waals surface area (Å²) in [6.45, 7) is 4.58. The van der Waals surface area contributed by atoms with Gasteiger partial charge in [0.25, 0.3) is 0 Å². The molecular weight excluding hydrogens is 234 g/mol. The quantitative estimate of drug-likeness (QED) is 0.831. The molecule has 1 heterocycles. The molecule has 0 spiro atoms. The van der Waals surface area contributed by atoms with Crippen molar-refractivity contribution in [3.63, 3.8) is 0 Å². The molecule has 1 aromatic heterocycles. The van der Waals surface area contributed by atoms with Crippen LogP contribution in [0.15, 0.2) is 18.3 Å². The number of aryl methyl sites for hydroxylation is 1. The summed E-state index contributed by atoms with van der Waals surface area (Å²) in [5.41, 5.74) is 2.26. The van der Waals surface area contributed by atoms with Crippen molar-refractivity contribution in [1.82, 2.24) is 4.98 Å². The molecule has 104 valence electrons. The van der Waals surface area contributed by atoms with Crippen LogP contribution in [0.5, 0.6) is 0 Å². The van der Waals surface area contributed by atoms with Crippen LogP contribution in [-0.4, -0.2) is 15.7 Å². The third-order valence-corrected chi connectivity index (χ3v) is 5.09. The summed E-state index contributed by atoms with van der Waals surface area (Å²) in [5.74, 6) is 0.247. The lowest BCUT2D eigenvalue weighted by Crippen LogP contribution is -2.45. The second-order valence-corrected chi connectivity index (χ2v) is 7.29. The Morgan fingerprint density at radius 1 is 1.26 bits per heavy atom. The number of hydrogen-bond acceptors (Lipinski definition) is 2. The molecule has 0 aromatic carbocycles. The van der Waals surface area contributed by atoms with E-state index in [1.165, 1.54) is 24.1 Å². The standard InChI is InChI=1S/C17H25NO/c1-16(2)9-5-10-17(19,12-16)14-8-3-6-13-7-4-11-18-15(13)14/h4,7,11,14,19H,3,5-6,8-10,12H2,1-2H3. The minimum atomic E-state index is -0.536. The van der Waals surface area contributed by atoms with Crippen LogP contribution in [0.1, 0.15) is 69.5 Å². The molecule has 0 aliphatic heterocycles. The minimum absolute atomic E-state index is 0.247. The molecular formula is C17H25NO. The molecule has 1 saturated carbocycles. The predicted octanol–water partition coefficient (Wildman–Crippen LogP) is 3.83. The first-order chi connectivity index (χ1) is 9.00. The fraction of sp³-hybridized carbons (Fsp3) is 0.706. The fourth-order valence-electron chi connectivity index (χ4n) is 4.31. The Balaban J connectivity index is 1.94. The van der Waals surface area contributed by atoms with Gasteiger partial charge in [0.1, 0.15) is 0 Å². The Morgan fingerprint density at radius 3 is 2.89 bits per heavy atom. The largest absolute Gasteiger partial charge is 0.389 e. The molecule has 2 aliphatic carbocycles. The van der Waals surface area contributed by atoms with E-state index in [2.05, 4.69) is 24.9 Å². The summed E-state index contributed by atoms with van der Waals surface area (Å²) >= 11 is 0. The SMILES string of the molecule is CC1(C)CCCC(O)(C2CCCc3cccnc32)C1. The zero-order chi connectivity index (χ0) is 13.5. The normalized spacial score (nSPS) is 33.7. The van der Waals surface area contributed by atoms with Gasteiger partial charge in [-0.15, -0.1) is 0 Å². The van der Waals surface area contributed by atoms with E-state index in [1.807, 2.05) is 12.3 Å². The maximum Gasteiger partial charge on any atom is 0.0736 e. The highest BCUT2D eigenvalue weighted by atomic mass is 16.3. The van der Waals surface area contributed by atoms with Gasteiger partial charge in [-0.25, -0.2) is 0 Å². The summed E-state index contributed by atoms with van der Waals surface area (Å²) < 4.78 is 0. The van der Waals surface area contributed by atoms with Crippen LogP contribution >= 0.6 is 0 Å². The summed E-state index contributed by atoms with van der Waals surface area (Å²) in [7, 11) is 0. The van der Waals surface area contributed by atoms with Crippen LogP contribution in [-0.2, 0) is 6.42 Å². The molecule has 2 unspecified atom stereocenters. The highest BCUT2D eigenvalue weighted by Gasteiger charge is 2.46. The summed E-state index contributed by atoms with van der Waals surface area (Å²) in [6.07, 6.45) is 9.52. The van der Waals surface area contributed by atoms with Crippen molar-refractivity contribution >= 4 is 0 Å². The Hall–Kier alpha value is -0.890. The number of nitrogens with zero attached hydrogens (tertiary/aromatic N) is 1. The second kappa shape index (κ2) is 4.59. The van der Waals surface area contributed by atoms with Gasteiger partial charge in [-0.3, -0.25) is 4.98 Å². The molecule has 1 aromatic rings. The van der Waals surface area contributed by atoms with Gasteiger partial charge in [-0.1, -0.05) is 26.3 Å². The average molecular weight is 259 g/mol. The van der Waals surface area contributed by atoms with E-state index in [1.54, 1.807) is 0 Å². The van der Waals surface area contributed by atoms with E-state index in [4.69, 9.17) is 0 Å². The zero-order valence-electron chi connectivity index (χ0n) is 12.2. The van der Waals surface area contributed by atoms with Crippen molar-refractivity contribution < 1.29 is 5.11 Å². The molecule has 19 heavy (non-hydrogen) atoms. The second-order valence-electron chi connectivity index (χ2n) is 7.29. The van der Waals surface area contributed by atoms with E-state index in [0.29, 0.717) is 0 Å². The lowest BCUT2D eigenvalue weighted by molar-refractivity contribution is -0.0645. The third-order valence-electron chi connectivity index (χ3n) is 5.09. The van der Waals surface area contributed by atoms with Crippen LogP contribution in [0, 0.1) is 5.41 Å². The fourth-order valence-corrected chi connectivity index (χ4v) is 4.31. The van der Waals surface area contributed by atoms with Crippen LogP contribution in [0.25, 0.3) is 0 Å². The molecule has 2 heteroatoms. The van der Waals surface area contributed by atoms with Gasteiger partial charge in [0, 0.05) is 17.8 Å². The first kappa shape index (κ1) is 13.1. The van der Waals surface area contributed by atoms with Gasteiger partial charge in [-0.2, -0.15) is 0 Å². The van der Waals surface area contributed by atoms with E-state index < -0.39 is 5.60 Å². The van der Waals surface area contributed by atoms with E-state index in [9.17, 15) is 5.11 Å². The van der Waals surface area contributed by atoms with Gasteiger partial charge in [-0.05, 0) is 55.6 Å². The number of pyridine rings is 1. The maximum atomic E-state index is 11.2. The summed E-state index contributed by atoms with van der Waals surface area (Å²) in [6, 6.07) is 4.21. The van der Waals surface area contributed by atoms with Crippen LogP contribution in [0.2, 0.25) is 0 Å². The number of fused-ring (bicyclic) bond motifs is 1. The van der Waals surface area contributed by atoms with Crippen molar-refractivity contribution in [2.45, 2.75) is 70.3 Å². The van der Waals surface area contributed by atoms with Crippen molar-refractivity contribution in [3.05, 3.63) is 29.6 Å². The van der Waals surface area contributed by atoms with Gasteiger partial charge >= 0.3 is 0 Å². The molecule has 0 radical (unpaired) electrons. The van der Waals surface area contributed by atoms with Gasteiger partial charge in [0.2, 0.25) is 0 Å². The molecule has 2 nitrogen and oxygen atoms in total. The first-order valence-corrected chi connectivity index (χ1v) is 7.66. The van der Waals surface area contributed by atoms with E-state index >= 15 is 0 Å². The summed E-state index contributed by atoms with van der Waals surface area (Å²) in [5, 5.41) is 11.2. The molecule has 1 N–H and O–H groups in total. The van der Waals surface area contributed by atoms with E-state index in [-0.39, 0.29) is 11.3 Å². The third kappa shape index (κ3) is 2.43. The predicted molar refractivity (Wildman–Crippen MR) is 77.1 cm³/mol. The molecule has 0 bridgehead atoms. The summed E-state index contributed by atoms with van der Waals surface area (Å²) in [4.78, 5) is 4.61. The van der Waals surface area contributed by atoms with Crippen LogP contribution in [0.3, 0.4) is 0 Å². The highest BCUT2D eigenvalue weighted by molar-refractivity contribution is 5.29. The van der Waals surface area contributed by atoms with Gasteiger partial charge in [0.05, 0.1) is 5.60 Å². The Morgan fingerprint density at radius 2 is 2.11 bits per heavy atom. The number of aliphatic hydroxyl groups is 1. The molecule has 3 rings (SSSR count). The van der Waals surface area contributed by atoms with Crippen LogP contribution in [0.4, 0.5) is 0 Å². The monoisotopic (exact) mass is 259 g/mol. The molecule has 1 fully saturated rings. The van der Waals surface area contributed by atoms with Crippen molar-refractivity contribution in [2.24, 2.45) is 5.41 Å². The molecule has 2 aliphatic rings. The topological polar surface area (TPSA) is 33.1 Å². The Bertz CT molecular complexity index is 468. The molecule has 2 atom stereocenters. The minimum Gasteiger partial charge on any atom is -0.389 e. The highest BCUT2D eigenvalue weighted by Crippen LogP contribution is 2.50. The Kier molecular flexibility index (Phi) is 3.17. The van der Waals surface area contributed by atoms with Crippen LogP contribution < -0.4 is 0 Å². The maximum absolute atomic E-state index is 11.2. The first-order valence-electron chi connectivity index (χ1n) is 7.66. The molecule has 0 saturated heterocycles. The van der Waals surface area contributed by atoms with Gasteiger partial charge in [0.15, 0.2) is 0 Å². The zero-order valence-corrected chi connectivity index (χ0v) is 12.2. The smallest absolute Gasteiger partial charge is 0.0736 e. The number of aromatic nitrogens is 1. The lowest BCUT2D eigenvalue weighted by atomic mass is 9.62. The number of hydrogen-bond donors (Lipinski definition) is 1.